The van der Waals surface area contributed by atoms with E-state index >= 15 is 0 Å². The molecule has 1 N–H and O–H groups in total. The summed E-state index contributed by atoms with van der Waals surface area (Å²) in [6.45, 7) is 4.88. The van der Waals surface area contributed by atoms with Gasteiger partial charge < -0.3 is 9.84 Å². The van der Waals surface area contributed by atoms with E-state index in [4.69, 9.17) is 4.52 Å². The summed E-state index contributed by atoms with van der Waals surface area (Å²) in [5.41, 5.74) is 1.04. The molecule has 0 bridgehead atoms. The molecular weight excluding hydrogens is 352 g/mol. The van der Waals surface area contributed by atoms with Crippen LogP contribution in [0.1, 0.15) is 43.0 Å². The zero-order valence-corrected chi connectivity index (χ0v) is 16.3. The molecule has 2 heterocycles. The highest BCUT2D eigenvalue weighted by Gasteiger charge is 2.33. The highest BCUT2D eigenvalue weighted by molar-refractivity contribution is 7.89. The van der Waals surface area contributed by atoms with Crippen LogP contribution in [0.5, 0.6) is 0 Å². The Labute approximate surface area is 154 Å². The lowest BCUT2D eigenvalue weighted by molar-refractivity contribution is 0.265. The normalized spacial score (nSPS) is 20.2. The van der Waals surface area contributed by atoms with Gasteiger partial charge in [-0.05, 0) is 45.9 Å². The third kappa shape index (κ3) is 4.13. The number of nitrogens with zero attached hydrogens (tertiary/aromatic N) is 3. The van der Waals surface area contributed by atoms with Crippen molar-refractivity contribution >= 4 is 10.0 Å². The first-order valence-electron chi connectivity index (χ1n) is 8.96. The molecule has 1 saturated heterocycles. The van der Waals surface area contributed by atoms with E-state index in [1.165, 1.54) is 4.31 Å². The van der Waals surface area contributed by atoms with Crippen molar-refractivity contribution in [1.82, 2.24) is 19.8 Å². The molecule has 1 aliphatic rings. The first-order chi connectivity index (χ1) is 12.4. The minimum Gasteiger partial charge on any atom is -0.339 e. The number of aryl methyl sites for hydroxylation is 1. The first kappa shape index (κ1) is 19.0. The summed E-state index contributed by atoms with van der Waals surface area (Å²) in [7, 11) is -1.61. The molecule has 3 rings (SSSR count). The molecule has 1 aromatic carbocycles. The minimum atomic E-state index is -3.50. The number of hydrogen-bond acceptors (Lipinski definition) is 6. The highest BCUT2D eigenvalue weighted by Crippen LogP contribution is 2.29. The van der Waals surface area contributed by atoms with Gasteiger partial charge in [-0.3, -0.25) is 0 Å². The molecule has 0 saturated carbocycles. The van der Waals surface area contributed by atoms with Gasteiger partial charge in [-0.2, -0.15) is 9.29 Å². The molecule has 1 aliphatic heterocycles. The van der Waals surface area contributed by atoms with Crippen molar-refractivity contribution in [2.45, 2.75) is 50.0 Å². The Kier molecular flexibility index (Phi) is 5.74. The molecule has 0 aliphatic carbocycles. The van der Waals surface area contributed by atoms with Crippen LogP contribution >= 0.6 is 0 Å². The van der Waals surface area contributed by atoms with Crippen molar-refractivity contribution in [2.75, 3.05) is 20.1 Å². The Hall–Kier alpha value is -1.77. The molecular formula is C18H26N4O3S. The van der Waals surface area contributed by atoms with Gasteiger partial charge in [0.15, 0.2) is 5.82 Å². The van der Waals surface area contributed by atoms with E-state index < -0.39 is 10.0 Å². The Morgan fingerprint density at radius 3 is 2.77 bits per heavy atom. The van der Waals surface area contributed by atoms with Crippen LogP contribution in [0.4, 0.5) is 0 Å². The molecule has 8 heteroatoms. The maximum atomic E-state index is 12.9. The molecule has 26 heavy (non-hydrogen) atoms. The van der Waals surface area contributed by atoms with Gasteiger partial charge in [0.2, 0.25) is 15.9 Å². The number of piperidine rings is 1. The molecule has 7 nitrogen and oxygen atoms in total. The lowest BCUT2D eigenvalue weighted by Crippen LogP contribution is -2.39. The van der Waals surface area contributed by atoms with Gasteiger partial charge in [0.05, 0.1) is 10.8 Å². The monoisotopic (exact) mass is 378 g/mol. The van der Waals surface area contributed by atoms with Crippen molar-refractivity contribution in [2.24, 2.45) is 0 Å². The van der Waals surface area contributed by atoms with Gasteiger partial charge in [-0.1, -0.05) is 22.9 Å². The number of likely N-dealkylation sites (N-methyl/N-ethyl adjacent to an activating group) is 1. The van der Waals surface area contributed by atoms with E-state index in [9.17, 15) is 8.42 Å². The van der Waals surface area contributed by atoms with Crippen LogP contribution in [0.3, 0.4) is 0 Å². The Bertz CT molecular complexity index is 832. The average Bonchev–Trinajstić information content (AvgIpc) is 3.10. The third-order valence-corrected chi connectivity index (χ3v) is 6.74. The second-order valence-corrected chi connectivity index (χ2v) is 8.90. The molecule has 142 valence electrons. The van der Waals surface area contributed by atoms with Crippen LogP contribution in [0.15, 0.2) is 33.7 Å². The van der Waals surface area contributed by atoms with Crippen molar-refractivity contribution in [1.29, 1.82) is 0 Å². The largest absolute Gasteiger partial charge is 0.339 e. The number of aromatic nitrogens is 2. The Morgan fingerprint density at radius 2 is 2.08 bits per heavy atom. The molecule has 1 fully saturated rings. The number of benzene rings is 1. The molecule has 2 atom stereocenters. The lowest BCUT2D eigenvalue weighted by Gasteiger charge is -2.30. The van der Waals surface area contributed by atoms with Crippen molar-refractivity contribution in [3.63, 3.8) is 0 Å². The van der Waals surface area contributed by atoms with Crippen molar-refractivity contribution < 1.29 is 12.9 Å². The standard InChI is InChI=1S/C18H26N4O3S/c1-13-6-8-16(9-7-13)26(23,24)22-10-4-5-15(12-22)18-20-17(21-25-18)11-14(2)19-3/h6-9,14-15,19H,4-5,10-12H2,1-3H3. The average molecular weight is 378 g/mol. The van der Waals surface area contributed by atoms with Crippen molar-refractivity contribution in [3.05, 3.63) is 41.5 Å². The number of rotatable bonds is 6. The third-order valence-electron chi connectivity index (χ3n) is 4.86. The second-order valence-electron chi connectivity index (χ2n) is 6.96. The number of nitrogens with one attached hydrogen (secondary N) is 1. The summed E-state index contributed by atoms with van der Waals surface area (Å²) in [6.07, 6.45) is 2.31. The van der Waals surface area contributed by atoms with E-state index in [-0.39, 0.29) is 12.0 Å². The lowest BCUT2D eigenvalue weighted by atomic mass is 10.00. The van der Waals surface area contributed by atoms with Crippen LogP contribution in [-0.4, -0.2) is 49.0 Å². The maximum absolute atomic E-state index is 12.9. The van der Waals surface area contributed by atoms with Crippen LogP contribution in [0.25, 0.3) is 0 Å². The first-order valence-corrected chi connectivity index (χ1v) is 10.4. The summed E-state index contributed by atoms with van der Waals surface area (Å²) in [6, 6.07) is 7.23. The fourth-order valence-electron chi connectivity index (χ4n) is 3.11. The van der Waals surface area contributed by atoms with E-state index in [0.29, 0.717) is 36.1 Å². The summed E-state index contributed by atoms with van der Waals surface area (Å²) in [5, 5.41) is 7.18. The van der Waals surface area contributed by atoms with E-state index in [1.54, 1.807) is 12.1 Å². The number of hydrogen-bond donors (Lipinski definition) is 1. The SMILES string of the molecule is CNC(C)Cc1noc(C2CCCN(S(=O)(=O)c3ccc(C)cc3)C2)n1. The maximum Gasteiger partial charge on any atom is 0.243 e. The topological polar surface area (TPSA) is 88.3 Å². The Morgan fingerprint density at radius 1 is 1.35 bits per heavy atom. The predicted octanol–water partition coefficient (Wildman–Crippen LogP) is 2.10. The van der Waals surface area contributed by atoms with Gasteiger partial charge in [-0.25, -0.2) is 8.42 Å². The summed E-state index contributed by atoms with van der Waals surface area (Å²) < 4.78 is 32.8. The summed E-state index contributed by atoms with van der Waals surface area (Å²) >= 11 is 0. The van der Waals surface area contributed by atoms with Gasteiger partial charge in [0, 0.05) is 25.6 Å². The molecule has 0 spiro atoms. The number of sulfonamides is 1. The second kappa shape index (κ2) is 7.85. The molecule has 0 amide bonds. The smallest absolute Gasteiger partial charge is 0.243 e. The van der Waals surface area contributed by atoms with Gasteiger partial charge >= 0.3 is 0 Å². The molecule has 2 aromatic rings. The van der Waals surface area contributed by atoms with E-state index in [2.05, 4.69) is 15.5 Å². The quantitative estimate of drug-likeness (QED) is 0.828. The van der Waals surface area contributed by atoms with Crippen LogP contribution < -0.4 is 5.32 Å². The zero-order valence-electron chi connectivity index (χ0n) is 15.5. The zero-order chi connectivity index (χ0) is 18.7. The van der Waals surface area contributed by atoms with E-state index in [0.717, 1.165) is 18.4 Å². The molecule has 2 unspecified atom stereocenters. The van der Waals surface area contributed by atoms with Gasteiger partial charge in [-0.15, -0.1) is 0 Å². The van der Waals surface area contributed by atoms with E-state index in [1.807, 2.05) is 33.0 Å². The Balaban J connectivity index is 1.74. The van der Waals surface area contributed by atoms with Crippen LogP contribution in [0.2, 0.25) is 0 Å². The van der Waals surface area contributed by atoms with Crippen LogP contribution in [-0.2, 0) is 16.4 Å². The summed E-state index contributed by atoms with van der Waals surface area (Å²) in [5.74, 6) is 1.13. The minimum absolute atomic E-state index is 0.0601. The van der Waals surface area contributed by atoms with Crippen molar-refractivity contribution in [3.8, 4) is 0 Å². The van der Waals surface area contributed by atoms with Gasteiger partial charge in [0.1, 0.15) is 0 Å². The van der Waals surface area contributed by atoms with Crippen LogP contribution in [0, 0.1) is 6.92 Å². The molecule has 1 aromatic heterocycles. The summed E-state index contributed by atoms with van der Waals surface area (Å²) in [4.78, 5) is 4.81. The van der Waals surface area contributed by atoms with Gasteiger partial charge in [0.25, 0.3) is 0 Å². The molecule has 0 radical (unpaired) electrons. The predicted molar refractivity (Wildman–Crippen MR) is 98.4 cm³/mol. The fraction of sp³-hybridized carbons (Fsp3) is 0.556. The fourth-order valence-corrected chi connectivity index (χ4v) is 4.64. The highest BCUT2D eigenvalue weighted by atomic mass is 32.2.